The van der Waals surface area contributed by atoms with Gasteiger partial charge in [-0.2, -0.15) is 0 Å². The Morgan fingerprint density at radius 2 is 0.529 bits per heavy atom. The lowest BCUT2D eigenvalue weighted by molar-refractivity contribution is 0.669. The van der Waals surface area contributed by atoms with Gasteiger partial charge in [0.05, 0.1) is 49.5 Å². The highest BCUT2D eigenvalue weighted by Crippen LogP contribution is 2.51. The Labute approximate surface area is 772 Å². The smallest absolute Gasteiger partial charge is 0.160 e. The zero-order chi connectivity index (χ0) is 88.9. The van der Waals surface area contributed by atoms with Crippen molar-refractivity contribution in [2.24, 2.45) is 0 Å². The number of nitrogens with zero attached hydrogens (tertiary/aromatic N) is 8. The fourth-order valence-electron chi connectivity index (χ4n) is 22.1. The molecule has 0 aliphatic heterocycles. The molecule has 0 aliphatic rings. The fourth-order valence-corrected chi connectivity index (χ4v) is 22.1. The van der Waals surface area contributed by atoms with Crippen LogP contribution in [0.5, 0.6) is 0 Å². The van der Waals surface area contributed by atoms with Gasteiger partial charge in [-0.1, -0.05) is 243 Å². The van der Waals surface area contributed by atoms with Gasteiger partial charge in [0, 0.05) is 180 Å². The number of pyridine rings is 4. The Balaban J connectivity index is 0.0000000879. The van der Waals surface area contributed by atoms with Gasteiger partial charge in [0.15, 0.2) is 11.2 Å². The molecule has 0 unspecified atom stereocenters. The average molecular weight is 1740 g/mol. The van der Waals surface area contributed by atoms with Crippen molar-refractivity contribution >= 4 is 261 Å². The van der Waals surface area contributed by atoms with Crippen LogP contribution in [0.4, 0.5) is 0 Å². The summed E-state index contributed by atoms with van der Waals surface area (Å²) in [6.07, 6.45) is 15.1. The SMILES string of the molecule is c1ccc2c(c1)ccc1c2c2ccc3c4ccccc4oc3c2n1-c1ccc2cnccc2c1.c1ccc2c(c1)oc1c2c2ccccc2c2c1c1ccccc1n2-c1ccc2cnccc2c1.c1ccc2c(c1)oc1c2c2ccccc2c2c3ccccc3n(-c3ccc4cnccc4c3)c12.c1ccc2cc3c(cc2c1)c1cc2oc4ccccc4c2cc1n3-c1ccc2cnccc2c1. The van der Waals surface area contributed by atoms with Gasteiger partial charge in [0.1, 0.15) is 33.5 Å². The highest BCUT2D eigenvalue weighted by molar-refractivity contribution is 6.37. The van der Waals surface area contributed by atoms with E-state index < -0.39 is 0 Å². The number of aromatic nitrogens is 8. The van der Waals surface area contributed by atoms with E-state index in [1.165, 1.54) is 146 Å². The molecule has 0 amide bonds. The van der Waals surface area contributed by atoms with Crippen LogP contribution in [0.15, 0.2) is 455 Å². The van der Waals surface area contributed by atoms with Crippen molar-refractivity contribution in [2.75, 3.05) is 0 Å². The van der Waals surface area contributed by atoms with Crippen LogP contribution in [-0.4, -0.2) is 38.2 Å². The number of para-hydroxylation sites is 6. The van der Waals surface area contributed by atoms with Crippen molar-refractivity contribution in [3.05, 3.63) is 438 Å². The van der Waals surface area contributed by atoms with E-state index in [-0.39, 0.29) is 0 Å². The van der Waals surface area contributed by atoms with Crippen LogP contribution in [0.3, 0.4) is 0 Å². The highest BCUT2D eigenvalue weighted by atomic mass is 16.3. The van der Waals surface area contributed by atoms with Crippen LogP contribution in [0, 0.1) is 0 Å². The average Bonchev–Trinajstić information content (AvgIpc) is 1.54. The second kappa shape index (κ2) is 29.5. The first kappa shape index (κ1) is 75.3. The maximum Gasteiger partial charge on any atom is 0.160 e. The summed E-state index contributed by atoms with van der Waals surface area (Å²) in [4.78, 5) is 17.1. The third-order valence-electron chi connectivity index (χ3n) is 28.1. The van der Waals surface area contributed by atoms with E-state index in [2.05, 4.69) is 390 Å². The molecule has 32 rings (SSSR count). The standard InChI is InChI=1S/4C31H18N2O/c1-2-8-23-22(7-1)28-25-10-4-6-12-27(25)34-31(28)29-24-9-3-5-11-26(24)33(30(23)29)21-14-13-20-18-32-16-15-19(20)17-21;1-2-8-23-22(7-1)28-24-9-3-5-11-26(24)33(21-14-13-20-18-32-16-15-19(20)17-21)30(28)31-29(23)25-10-4-6-12-27(25)34-31;1-2-6-23-19(5-1)10-14-27-29(23)26-13-12-25-24-7-3-4-8-28(24)34-31(25)30(26)33(27)22-11-9-21-18-32-16-15-20(21)17-22;1-2-6-20-15-28-25(14-19(20)5-1)26-17-31-27(24-7-3-4-8-30(24)34-31)16-29(26)33(28)23-10-9-22-18-32-12-11-21(22)13-23/h4*1-18H. The van der Waals surface area contributed by atoms with Crippen molar-refractivity contribution in [3.63, 3.8) is 0 Å². The zero-order valence-electron chi connectivity index (χ0n) is 72.8. The van der Waals surface area contributed by atoms with Gasteiger partial charge in [0.25, 0.3) is 0 Å². The number of hydrogen-bond acceptors (Lipinski definition) is 8. The minimum absolute atomic E-state index is 0.913. The first-order valence-corrected chi connectivity index (χ1v) is 45.9. The number of rotatable bonds is 4. The van der Waals surface area contributed by atoms with Crippen molar-refractivity contribution < 1.29 is 17.7 Å². The summed E-state index contributed by atoms with van der Waals surface area (Å²) in [6.45, 7) is 0. The highest BCUT2D eigenvalue weighted by Gasteiger charge is 2.28. The molecule has 0 fully saturated rings. The Bertz CT molecular complexity index is 10600. The quantitative estimate of drug-likeness (QED) is 0.171. The fraction of sp³-hybridized carbons (Fsp3) is 0. The van der Waals surface area contributed by atoms with Crippen LogP contribution in [0.2, 0.25) is 0 Å². The Kier molecular flexibility index (Phi) is 16.3. The number of hydrogen-bond donors (Lipinski definition) is 0. The maximum atomic E-state index is 6.62. The van der Waals surface area contributed by atoms with Crippen molar-refractivity contribution in [1.82, 2.24) is 38.2 Å². The molecule has 12 heterocycles. The first-order chi connectivity index (χ1) is 67.5. The molecule has 12 nitrogen and oxygen atoms in total. The second-order valence-corrected chi connectivity index (χ2v) is 35.4. The summed E-state index contributed by atoms with van der Waals surface area (Å²) in [5.41, 5.74) is 21.2. The lowest BCUT2D eigenvalue weighted by Crippen LogP contribution is -1.95. The lowest BCUT2D eigenvalue weighted by Gasteiger charge is -2.11. The molecule has 0 radical (unpaired) electrons. The summed E-state index contributed by atoms with van der Waals surface area (Å²) in [7, 11) is 0. The van der Waals surface area contributed by atoms with Gasteiger partial charge in [-0.05, 0) is 205 Å². The Morgan fingerprint density at radius 3 is 1.10 bits per heavy atom. The van der Waals surface area contributed by atoms with Crippen LogP contribution in [0.25, 0.3) is 284 Å². The van der Waals surface area contributed by atoms with E-state index in [9.17, 15) is 0 Å². The normalized spacial score (nSPS) is 12.1. The molecule has 12 aromatic heterocycles. The molecule has 0 atom stereocenters. The third kappa shape index (κ3) is 11.3. The molecule has 0 bridgehead atoms. The van der Waals surface area contributed by atoms with E-state index in [1.54, 1.807) is 0 Å². The van der Waals surface area contributed by atoms with E-state index in [4.69, 9.17) is 17.7 Å². The van der Waals surface area contributed by atoms with E-state index in [0.29, 0.717) is 0 Å². The van der Waals surface area contributed by atoms with Gasteiger partial charge in [0.2, 0.25) is 0 Å². The lowest BCUT2D eigenvalue weighted by atomic mass is 9.99. The van der Waals surface area contributed by atoms with Gasteiger partial charge < -0.3 is 35.9 Å². The molecule has 12 heteroatoms. The Morgan fingerprint density at radius 1 is 0.154 bits per heavy atom. The van der Waals surface area contributed by atoms with Crippen LogP contribution >= 0.6 is 0 Å². The molecule has 20 aromatic carbocycles. The first-order valence-electron chi connectivity index (χ1n) is 45.9. The minimum atomic E-state index is 0.913. The summed E-state index contributed by atoms with van der Waals surface area (Å²) in [5, 5.41) is 38.0. The van der Waals surface area contributed by atoms with E-state index in [1.807, 2.05) is 86.0 Å². The molecule has 0 N–H and O–H groups in total. The molecular formula is C124H72N8O4. The zero-order valence-corrected chi connectivity index (χ0v) is 72.8. The monoisotopic (exact) mass is 1740 g/mol. The molecule has 136 heavy (non-hydrogen) atoms. The third-order valence-corrected chi connectivity index (χ3v) is 28.1. The number of fused-ring (bicyclic) bond motifs is 40. The molecule has 0 aliphatic carbocycles. The summed E-state index contributed by atoms with van der Waals surface area (Å²) in [5.74, 6) is 0. The second-order valence-electron chi connectivity index (χ2n) is 35.4. The molecule has 0 spiro atoms. The van der Waals surface area contributed by atoms with E-state index >= 15 is 0 Å². The van der Waals surface area contributed by atoms with Gasteiger partial charge in [-0.15, -0.1) is 0 Å². The molecule has 632 valence electrons. The van der Waals surface area contributed by atoms with Crippen molar-refractivity contribution in [2.45, 2.75) is 0 Å². The molecule has 0 saturated carbocycles. The minimum Gasteiger partial charge on any atom is -0.456 e. The topological polar surface area (TPSA) is 124 Å². The van der Waals surface area contributed by atoms with E-state index in [0.717, 1.165) is 138 Å². The molecular weight excluding hydrogens is 1670 g/mol. The largest absolute Gasteiger partial charge is 0.456 e. The Hall–Kier alpha value is -18.5. The maximum absolute atomic E-state index is 6.62. The van der Waals surface area contributed by atoms with Gasteiger partial charge in [-0.3, -0.25) is 19.9 Å². The molecule has 32 aromatic rings. The molecule has 0 saturated heterocycles. The summed E-state index contributed by atoms with van der Waals surface area (Å²) < 4.78 is 35.5. The summed E-state index contributed by atoms with van der Waals surface area (Å²) in [6, 6.07) is 138. The predicted octanol–water partition coefficient (Wildman–Crippen LogP) is 33.5. The predicted molar refractivity (Wildman–Crippen MR) is 563 cm³/mol. The van der Waals surface area contributed by atoms with Gasteiger partial charge in [-0.25, -0.2) is 0 Å². The van der Waals surface area contributed by atoms with Crippen molar-refractivity contribution in [3.8, 4) is 22.7 Å². The van der Waals surface area contributed by atoms with Crippen LogP contribution < -0.4 is 0 Å². The number of furan rings is 4. The van der Waals surface area contributed by atoms with Gasteiger partial charge >= 0.3 is 0 Å². The van der Waals surface area contributed by atoms with Crippen molar-refractivity contribution in [1.29, 1.82) is 0 Å². The van der Waals surface area contributed by atoms with Crippen LogP contribution in [-0.2, 0) is 0 Å². The summed E-state index contributed by atoms with van der Waals surface area (Å²) >= 11 is 0. The number of benzene rings is 20. The van der Waals surface area contributed by atoms with Crippen LogP contribution in [0.1, 0.15) is 0 Å².